The van der Waals surface area contributed by atoms with Gasteiger partial charge in [0.05, 0.1) is 24.7 Å². The van der Waals surface area contributed by atoms with Crippen molar-refractivity contribution in [3.05, 3.63) is 154 Å². The number of carbonyl (C=O) groups excluding carboxylic acids is 2. The maximum atomic E-state index is 14.9. The molecule has 6 aromatic rings. The molecular formula is C39H34FN3O5S. The molecule has 0 aliphatic carbocycles. The lowest BCUT2D eigenvalue weighted by Gasteiger charge is -2.18. The number of thiophene rings is 1. The second kappa shape index (κ2) is 15.1. The summed E-state index contributed by atoms with van der Waals surface area (Å²) in [6.07, 6.45) is 0.441. The third-order valence-electron chi connectivity index (χ3n) is 7.89. The molecule has 8 nitrogen and oxygen atoms in total. The highest BCUT2D eigenvalue weighted by Crippen LogP contribution is 2.40. The first-order valence-electron chi connectivity index (χ1n) is 15.8. The smallest absolute Gasteiger partial charge is 0.434 e. The lowest BCUT2D eigenvalue weighted by molar-refractivity contribution is 0.102. The van der Waals surface area contributed by atoms with E-state index in [1.165, 1.54) is 23.6 Å². The van der Waals surface area contributed by atoms with Crippen LogP contribution in [-0.2, 0) is 24.4 Å². The molecule has 1 N–H and O–H groups in total. The van der Waals surface area contributed by atoms with Gasteiger partial charge in [-0.25, -0.2) is 9.18 Å². The lowest BCUT2D eigenvalue weighted by atomic mass is 10.0. The van der Waals surface area contributed by atoms with Crippen molar-refractivity contribution >= 4 is 39.3 Å². The molecule has 0 saturated carbocycles. The molecular weight excluding hydrogens is 642 g/mol. The second-order valence-corrected chi connectivity index (χ2v) is 12.5. The van der Waals surface area contributed by atoms with E-state index in [0.717, 1.165) is 21.6 Å². The van der Waals surface area contributed by atoms with Crippen LogP contribution in [0.1, 0.15) is 34.0 Å². The number of nitrogens with one attached hydrogen (secondary N) is 1. The van der Waals surface area contributed by atoms with Gasteiger partial charge in [0.25, 0.3) is 5.91 Å². The monoisotopic (exact) mass is 675 g/mol. The highest BCUT2D eigenvalue weighted by atomic mass is 32.1. The number of hydrogen-bond acceptors (Lipinski definition) is 7. The van der Waals surface area contributed by atoms with Gasteiger partial charge in [-0.1, -0.05) is 78.9 Å². The molecule has 1 amide bonds. The van der Waals surface area contributed by atoms with Crippen LogP contribution in [0.2, 0.25) is 0 Å². The zero-order chi connectivity index (χ0) is 34.3. The predicted molar refractivity (Wildman–Crippen MR) is 191 cm³/mol. The third-order valence-corrected chi connectivity index (χ3v) is 9.21. The van der Waals surface area contributed by atoms with Crippen LogP contribution in [0.25, 0.3) is 20.7 Å². The van der Waals surface area contributed by atoms with E-state index in [-0.39, 0.29) is 24.8 Å². The molecule has 6 rings (SSSR count). The standard InChI is InChI=1S/C39H34FN3O5S/c1-3-47-39(46)48-33-25-43(23-29-16-10-11-17-32(29)40)38-34(35(33)44)31(24-42(2)22-26-12-6-4-7-13-26)36(49-38)27-18-20-30(21-19-27)41-37(45)28-14-8-5-9-15-28/h4-21,25H,3,22-24H2,1-2H3,(H,41,45). The molecule has 0 atom stereocenters. The van der Waals surface area contributed by atoms with Gasteiger partial charge in [0.1, 0.15) is 10.6 Å². The third kappa shape index (κ3) is 7.77. The number of benzene rings is 4. The fourth-order valence-corrected chi connectivity index (χ4v) is 6.90. The van der Waals surface area contributed by atoms with Gasteiger partial charge >= 0.3 is 6.16 Å². The Morgan fingerprint density at radius 1 is 0.878 bits per heavy atom. The Balaban J connectivity index is 1.47. The van der Waals surface area contributed by atoms with Crippen LogP contribution >= 0.6 is 11.3 Å². The van der Waals surface area contributed by atoms with E-state index < -0.39 is 17.4 Å². The van der Waals surface area contributed by atoms with Crippen molar-refractivity contribution < 1.29 is 23.5 Å². The number of pyridine rings is 1. The second-order valence-electron chi connectivity index (χ2n) is 11.5. The zero-order valence-electron chi connectivity index (χ0n) is 27.0. The first-order valence-corrected chi connectivity index (χ1v) is 16.6. The van der Waals surface area contributed by atoms with Crippen LogP contribution in [0.4, 0.5) is 14.9 Å². The number of hydrogen-bond donors (Lipinski definition) is 1. The Bertz CT molecular complexity index is 2150. The van der Waals surface area contributed by atoms with Gasteiger partial charge in [0.15, 0.2) is 5.75 Å². The highest BCUT2D eigenvalue weighted by Gasteiger charge is 2.24. The number of rotatable bonds is 11. The van der Waals surface area contributed by atoms with Crippen molar-refractivity contribution in [3.8, 4) is 16.2 Å². The summed E-state index contributed by atoms with van der Waals surface area (Å²) < 4.78 is 27.1. The van der Waals surface area contributed by atoms with Crippen LogP contribution in [0.15, 0.2) is 120 Å². The average molecular weight is 676 g/mol. The molecule has 0 spiro atoms. The first-order chi connectivity index (χ1) is 23.8. The number of fused-ring (bicyclic) bond motifs is 1. The minimum atomic E-state index is -0.997. The molecule has 0 aliphatic heterocycles. The van der Waals surface area contributed by atoms with Crippen LogP contribution in [0.5, 0.6) is 5.75 Å². The molecule has 248 valence electrons. The Morgan fingerprint density at radius 3 is 2.24 bits per heavy atom. The summed E-state index contributed by atoms with van der Waals surface area (Å²) >= 11 is 1.40. The molecule has 0 bridgehead atoms. The molecule has 4 aromatic carbocycles. The van der Waals surface area contributed by atoms with Gasteiger partial charge in [-0.3, -0.25) is 14.5 Å². The highest BCUT2D eigenvalue weighted by molar-refractivity contribution is 7.22. The van der Waals surface area contributed by atoms with Crippen molar-refractivity contribution in [2.45, 2.75) is 26.6 Å². The number of aromatic nitrogens is 1. The Hall–Kier alpha value is -5.58. The van der Waals surface area contributed by atoms with Crippen molar-refractivity contribution in [1.82, 2.24) is 9.47 Å². The Morgan fingerprint density at radius 2 is 1.55 bits per heavy atom. The number of carbonyl (C=O) groups is 2. The largest absolute Gasteiger partial charge is 0.514 e. The van der Waals surface area contributed by atoms with E-state index in [9.17, 15) is 18.8 Å². The Kier molecular flexibility index (Phi) is 10.3. The zero-order valence-corrected chi connectivity index (χ0v) is 27.8. The number of nitrogens with zero attached hydrogens (tertiary/aromatic N) is 2. The van der Waals surface area contributed by atoms with E-state index in [1.54, 1.807) is 41.8 Å². The summed E-state index contributed by atoms with van der Waals surface area (Å²) in [5.41, 5.74) is 3.77. The van der Waals surface area contributed by atoms with E-state index in [0.29, 0.717) is 40.1 Å². The summed E-state index contributed by atoms with van der Waals surface area (Å²) in [6, 6.07) is 32.8. The van der Waals surface area contributed by atoms with E-state index in [2.05, 4.69) is 10.2 Å². The van der Waals surface area contributed by atoms with Gasteiger partial charge in [-0.15, -0.1) is 11.3 Å². The molecule has 2 heterocycles. The average Bonchev–Trinajstić information content (AvgIpc) is 3.48. The fourth-order valence-electron chi connectivity index (χ4n) is 5.61. The lowest BCUT2D eigenvalue weighted by Crippen LogP contribution is -2.21. The summed E-state index contributed by atoms with van der Waals surface area (Å²) in [5, 5.41) is 3.31. The quantitative estimate of drug-likeness (QED) is 0.139. The summed E-state index contributed by atoms with van der Waals surface area (Å²) in [4.78, 5) is 42.9. The van der Waals surface area contributed by atoms with Crippen molar-refractivity contribution in [2.24, 2.45) is 0 Å². The van der Waals surface area contributed by atoms with E-state index in [4.69, 9.17) is 9.47 Å². The van der Waals surface area contributed by atoms with E-state index in [1.807, 2.05) is 79.8 Å². The molecule has 2 aromatic heterocycles. The number of anilines is 1. The number of halogens is 1. The molecule has 0 unspecified atom stereocenters. The van der Waals surface area contributed by atoms with Crippen LogP contribution in [-0.4, -0.2) is 35.2 Å². The van der Waals surface area contributed by atoms with Crippen LogP contribution in [0, 0.1) is 5.82 Å². The first kappa shape index (κ1) is 33.3. The normalized spacial score (nSPS) is 11.1. The molecule has 0 saturated heterocycles. The van der Waals surface area contributed by atoms with Gasteiger partial charge < -0.3 is 19.4 Å². The van der Waals surface area contributed by atoms with Crippen molar-refractivity contribution in [1.29, 1.82) is 0 Å². The maximum Gasteiger partial charge on any atom is 0.514 e. The molecule has 0 fully saturated rings. The van der Waals surface area contributed by atoms with Gasteiger partial charge in [-0.2, -0.15) is 0 Å². The van der Waals surface area contributed by atoms with Crippen molar-refractivity contribution in [3.63, 3.8) is 0 Å². The van der Waals surface area contributed by atoms with Gasteiger partial charge in [0, 0.05) is 34.8 Å². The molecule has 0 radical (unpaired) electrons. The number of ether oxygens (including phenoxy) is 2. The van der Waals surface area contributed by atoms with Crippen LogP contribution < -0.4 is 15.5 Å². The summed E-state index contributed by atoms with van der Waals surface area (Å²) in [6.45, 7) is 2.81. The number of amides is 1. The fraction of sp³-hybridized carbons (Fsp3) is 0.154. The Labute approximate surface area is 287 Å². The summed E-state index contributed by atoms with van der Waals surface area (Å²) in [5.74, 6) is -0.828. The topological polar surface area (TPSA) is 89.9 Å². The molecule has 10 heteroatoms. The maximum absolute atomic E-state index is 14.9. The minimum Gasteiger partial charge on any atom is -0.434 e. The molecule has 49 heavy (non-hydrogen) atoms. The minimum absolute atomic E-state index is 0.0738. The molecule has 0 aliphatic rings. The predicted octanol–water partition coefficient (Wildman–Crippen LogP) is 8.34. The van der Waals surface area contributed by atoms with Crippen LogP contribution in [0.3, 0.4) is 0 Å². The van der Waals surface area contributed by atoms with Gasteiger partial charge in [0.2, 0.25) is 5.43 Å². The summed E-state index contributed by atoms with van der Waals surface area (Å²) in [7, 11) is 1.97. The van der Waals surface area contributed by atoms with Gasteiger partial charge in [-0.05, 0) is 61.0 Å². The SMILES string of the molecule is CCOC(=O)Oc1cn(Cc2ccccc2F)c2sc(-c3ccc(NC(=O)c4ccccc4)cc3)c(CN(C)Cc3ccccc3)c2c1=O. The van der Waals surface area contributed by atoms with Crippen molar-refractivity contribution in [2.75, 3.05) is 19.0 Å². The van der Waals surface area contributed by atoms with E-state index >= 15 is 0 Å².